The van der Waals surface area contributed by atoms with Crippen LogP contribution in [0.2, 0.25) is 0 Å². The molecule has 8 nitrogen and oxygen atoms in total. The molecule has 0 fully saturated rings. The molecule has 8 heteroatoms. The molecule has 0 aliphatic rings. The lowest BCUT2D eigenvalue weighted by atomic mass is 10.3. The maximum absolute atomic E-state index is 4.39. The summed E-state index contributed by atoms with van der Waals surface area (Å²) in [6, 6.07) is 0. The summed E-state index contributed by atoms with van der Waals surface area (Å²) in [5.74, 6) is 1.74. The summed E-state index contributed by atoms with van der Waals surface area (Å²) in [4.78, 5) is 14.9. The van der Waals surface area contributed by atoms with E-state index in [1.165, 1.54) is 0 Å². The molecule has 0 unspecified atom stereocenters. The van der Waals surface area contributed by atoms with E-state index in [1.54, 1.807) is 4.68 Å². The minimum absolute atomic E-state index is 0.549. The number of hydrogen-bond donors (Lipinski definition) is 2. The van der Waals surface area contributed by atoms with Gasteiger partial charge >= 0.3 is 0 Å². The van der Waals surface area contributed by atoms with E-state index in [9.17, 15) is 0 Å². The molecule has 0 atom stereocenters. The predicted molar refractivity (Wildman–Crippen MR) is 83.6 cm³/mol. The molecule has 2 aromatic rings. The summed E-state index contributed by atoms with van der Waals surface area (Å²) in [6.07, 6.45) is 1.99. The van der Waals surface area contributed by atoms with Crippen molar-refractivity contribution in [2.24, 2.45) is 7.05 Å². The SMILES string of the molecule is CCNc1nc(NCc2cn(C)nc2C)nc(N(C)C)n1. The molecule has 0 bridgehead atoms. The Hall–Kier alpha value is -2.38. The Balaban J connectivity index is 2.16. The normalized spacial score (nSPS) is 10.5. The average molecular weight is 290 g/mol. The van der Waals surface area contributed by atoms with Gasteiger partial charge in [-0.2, -0.15) is 20.1 Å². The Morgan fingerprint density at radius 1 is 1.14 bits per heavy atom. The summed E-state index contributed by atoms with van der Waals surface area (Å²) in [5, 5.41) is 10.7. The zero-order valence-corrected chi connectivity index (χ0v) is 13.2. The second-order valence-electron chi connectivity index (χ2n) is 4.97. The van der Waals surface area contributed by atoms with E-state index in [-0.39, 0.29) is 0 Å². The number of aryl methyl sites for hydroxylation is 2. The fourth-order valence-corrected chi connectivity index (χ4v) is 1.88. The van der Waals surface area contributed by atoms with Gasteiger partial charge in [-0.25, -0.2) is 0 Å². The van der Waals surface area contributed by atoms with E-state index < -0.39 is 0 Å². The summed E-state index contributed by atoms with van der Waals surface area (Å²) >= 11 is 0. The molecule has 2 N–H and O–H groups in total. The summed E-state index contributed by atoms with van der Waals surface area (Å²) in [5.41, 5.74) is 2.12. The first-order valence-electron chi connectivity index (χ1n) is 6.90. The molecule has 0 saturated carbocycles. The molecule has 0 radical (unpaired) electrons. The molecule has 2 aromatic heterocycles. The molecular formula is C13H22N8. The molecule has 2 rings (SSSR count). The minimum Gasteiger partial charge on any atom is -0.354 e. The molecule has 0 aliphatic carbocycles. The predicted octanol–water partition coefficient (Wildman–Crippen LogP) is 1.02. The van der Waals surface area contributed by atoms with Crippen LogP contribution < -0.4 is 15.5 Å². The molecule has 2 heterocycles. The number of rotatable bonds is 6. The number of aromatic nitrogens is 5. The third-order valence-electron chi connectivity index (χ3n) is 2.91. The van der Waals surface area contributed by atoms with Crippen LogP contribution in [0.5, 0.6) is 0 Å². The van der Waals surface area contributed by atoms with Crippen molar-refractivity contribution in [3.8, 4) is 0 Å². The maximum atomic E-state index is 4.39. The third kappa shape index (κ3) is 3.80. The average Bonchev–Trinajstić information content (AvgIpc) is 2.75. The van der Waals surface area contributed by atoms with Crippen molar-refractivity contribution in [2.75, 3.05) is 36.2 Å². The number of nitrogens with one attached hydrogen (secondary N) is 2. The Labute approximate surface area is 124 Å². The van der Waals surface area contributed by atoms with Crippen molar-refractivity contribution in [2.45, 2.75) is 20.4 Å². The van der Waals surface area contributed by atoms with Crippen molar-refractivity contribution in [1.29, 1.82) is 0 Å². The van der Waals surface area contributed by atoms with Crippen molar-refractivity contribution >= 4 is 17.8 Å². The van der Waals surface area contributed by atoms with E-state index in [2.05, 4.69) is 30.7 Å². The summed E-state index contributed by atoms with van der Waals surface area (Å²) in [6.45, 7) is 5.38. The van der Waals surface area contributed by atoms with Crippen molar-refractivity contribution < 1.29 is 0 Å². The monoisotopic (exact) mass is 290 g/mol. The van der Waals surface area contributed by atoms with Crippen LogP contribution in [0.25, 0.3) is 0 Å². The van der Waals surface area contributed by atoms with Crippen molar-refractivity contribution in [1.82, 2.24) is 24.7 Å². The molecular weight excluding hydrogens is 268 g/mol. The zero-order valence-electron chi connectivity index (χ0n) is 13.2. The van der Waals surface area contributed by atoms with Crippen LogP contribution in [0.15, 0.2) is 6.20 Å². The first kappa shape index (κ1) is 15.0. The number of anilines is 3. The molecule has 0 aromatic carbocycles. The van der Waals surface area contributed by atoms with Crippen LogP contribution in [0.3, 0.4) is 0 Å². The van der Waals surface area contributed by atoms with Gasteiger partial charge in [0, 0.05) is 46.0 Å². The highest BCUT2D eigenvalue weighted by Gasteiger charge is 2.09. The van der Waals surface area contributed by atoms with Crippen LogP contribution in [-0.2, 0) is 13.6 Å². The molecule has 114 valence electrons. The van der Waals surface area contributed by atoms with Gasteiger partial charge in [0.05, 0.1) is 5.69 Å². The Morgan fingerprint density at radius 3 is 2.33 bits per heavy atom. The van der Waals surface area contributed by atoms with Crippen LogP contribution in [0.1, 0.15) is 18.2 Å². The van der Waals surface area contributed by atoms with Crippen LogP contribution in [0.4, 0.5) is 17.8 Å². The van der Waals surface area contributed by atoms with Crippen molar-refractivity contribution in [3.05, 3.63) is 17.5 Å². The largest absolute Gasteiger partial charge is 0.354 e. The van der Waals surface area contributed by atoms with Gasteiger partial charge in [-0.05, 0) is 13.8 Å². The van der Waals surface area contributed by atoms with Crippen molar-refractivity contribution in [3.63, 3.8) is 0 Å². The van der Waals surface area contributed by atoms with Gasteiger partial charge in [-0.3, -0.25) is 4.68 Å². The van der Waals surface area contributed by atoms with Crippen LogP contribution in [-0.4, -0.2) is 45.4 Å². The van der Waals surface area contributed by atoms with Gasteiger partial charge in [0.25, 0.3) is 0 Å². The third-order valence-corrected chi connectivity index (χ3v) is 2.91. The molecule has 21 heavy (non-hydrogen) atoms. The molecule has 0 aliphatic heterocycles. The van der Waals surface area contributed by atoms with Gasteiger partial charge in [-0.15, -0.1) is 0 Å². The zero-order chi connectivity index (χ0) is 15.4. The van der Waals surface area contributed by atoms with Gasteiger partial charge in [0.15, 0.2) is 0 Å². The highest BCUT2D eigenvalue weighted by Crippen LogP contribution is 2.13. The van der Waals surface area contributed by atoms with Gasteiger partial charge in [-0.1, -0.05) is 0 Å². The smallest absolute Gasteiger partial charge is 0.231 e. The second-order valence-corrected chi connectivity index (χ2v) is 4.97. The Morgan fingerprint density at radius 2 is 1.81 bits per heavy atom. The van der Waals surface area contributed by atoms with E-state index >= 15 is 0 Å². The Kier molecular flexibility index (Phi) is 4.56. The topological polar surface area (TPSA) is 83.8 Å². The molecule has 0 spiro atoms. The number of hydrogen-bond acceptors (Lipinski definition) is 7. The summed E-state index contributed by atoms with van der Waals surface area (Å²) < 4.78 is 1.80. The fraction of sp³-hybridized carbons (Fsp3) is 0.538. The number of nitrogens with zero attached hydrogens (tertiary/aromatic N) is 6. The fourth-order valence-electron chi connectivity index (χ4n) is 1.88. The molecule has 0 saturated heterocycles. The first-order chi connectivity index (χ1) is 9.99. The maximum Gasteiger partial charge on any atom is 0.231 e. The quantitative estimate of drug-likeness (QED) is 0.821. The van der Waals surface area contributed by atoms with E-state index in [0.717, 1.165) is 17.8 Å². The lowest BCUT2D eigenvalue weighted by Gasteiger charge is -2.13. The van der Waals surface area contributed by atoms with Crippen LogP contribution >= 0.6 is 0 Å². The van der Waals surface area contributed by atoms with Gasteiger partial charge < -0.3 is 15.5 Å². The van der Waals surface area contributed by atoms with E-state index in [4.69, 9.17) is 0 Å². The van der Waals surface area contributed by atoms with Gasteiger partial charge in [0.2, 0.25) is 17.8 Å². The summed E-state index contributed by atoms with van der Waals surface area (Å²) in [7, 11) is 5.72. The first-order valence-corrected chi connectivity index (χ1v) is 6.90. The lowest BCUT2D eigenvalue weighted by molar-refractivity contribution is 0.756. The van der Waals surface area contributed by atoms with Gasteiger partial charge in [0.1, 0.15) is 0 Å². The minimum atomic E-state index is 0.549. The lowest BCUT2D eigenvalue weighted by Crippen LogP contribution is -2.17. The standard InChI is InChI=1S/C13H22N8/c1-6-14-11-16-12(18-13(17-11)20(3)4)15-7-10-8-21(5)19-9(10)2/h8H,6-7H2,1-5H3,(H2,14,15,16,17,18). The van der Waals surface area contributed by atoms with Crippen LogP contribution in [0, 0.1) is 6.92 Å². The second kappa shape index (κ2) is 6.38. The van der Waals surface area contributed by atoms with E-state index in [0.29, 0.717) is 24.4 Å². The highest BCUT2D eigenvalue weighted by molar-refractivity contribution is 5.43. The highest BCUT2D eigenvalue weighted by atomic mass is 15.3. The molecule has 0 amide bonds. The van der Waals surface area contributed by atoms with E-state index in [1.807, 2.05) is 46.1 Å². The Bertz CT molecular complexity index is 604.